The van der Waals surface area contributed by atoms with Crippen LogP contribution in [-0.4, -0.2) is 68.1 Å². The number of ether oxygens (including phenoxy) is 2. The van der Waals surface area contributed by atoms with E-state index in [-0.39, 0.29) is 5.78 Å². The van der Waals surface area contributed by atoms with E-state index < -0.39 is 0 Å². The van der Waals surface area contributed by atoms with Crippen molar-refractivity contribution in [3.63, 3.8) is 0 Å². The van der Waals surface area contributed by atoms with Crippen molar-refractivity contribution in [3.05, 3.63) is 47.5 Å². The average molecular weight is 523 g/mol. The number of rotatable bonds is 20. The molecule has 0 radical (unpaired) electrons. The van der Waals surface area contributed by atoms with Crippen molar-refractivity contribution >= 4 is 5.78 Å². The van der Waals surface area contributed by atoms with Crippen LogP contribution in [0.1, 0.15) is 95.0 Å². The molecule has 3 rings (SSSR count). The summed E-state index contributed by atoms with van der Waals surface area (Å²) in [5, 5.41) is 0. The van der Waals surface area contributed by atoms with E-state index in [9.17, 15) is 4.79 Å². The molecule has 2 aromatic rings. The van der Waals surface area contributed by atoms with Gasteiger partial charge < -0.3 is 9.47 Å². The summed E-state index contributed by atoms with van der Waals surface area (Å²) in [6, 6.07) is 11.9. The average Bonchev–Trinajstić information content (AvgIpc) is 3.21. The number of nitrogens with zero attached hydrogens (tertiary/aromatic N) is 2. The van der Waals surface area contributed by atoms with Gasteiger partial charge in [-0.05, 0) is 99.4 Å². The first-order chi connectivity index (χ1) is 18.6. The molecule has 0 N–H and O–H groups in total. The number of carbonyl (C=O) groups excluding carboxylic acids is 1. The van der Waals surface area contributed by atoms with Gasteiger partial charge in [0.15, 0.2) is 5.78 Å². The zero-order chi connectivity index (χ0) is 27.2. The van der Waals surface area contributed by atoms with Gasteiger partial charge in [0.2, 0.25) is 0 Å². The quantitative estimate of drug-likeness (QED) is 0.154. The van der Waals surface area contributed by atoms with Crippen LogP contribution in [0.4, 0.5) is 0 Å². The van der Waals surface area contributed by atoms with Crippen molar-refractivity contribution in [2.45, 2.75) is 79.1 Å². The van der Waals surface area contributed by atoms with Gasteiger partial charge in [-0.2, -0.15) is 0 Å². The largest absolute Gasteiger partial charge is 0.492 e. The lowest BCUT2D eigenvalue weighted by atomic mass is 10.1. The van der Waals surface area contributed by atoms with Gasteiger partial charge in [-0.15, -0.1) is 0 Å². The van der Waals surface area contributed by atoms with Crippen LogP contribution in [-0.2, 0) is 0 Å². The van der Waals surface area contributed by atoms with Crippen molar-refractivity contribution in [3.8, 4) is 22.6 Å². The molecule has 0 fully saturated rings. The summed E-state index contributed by atoms with van der Waals surface area (Å²) in [6.07, 6.45) is 9.71. The van der Waals surface area contributed by atoms with Crippen LogP contribution < -0.4 is 9.47 Å². The molecule has 0 aromatic heterocycles. The Morgan fingerprint density at radius 2 is 0.895 bits per heavy atom. The van der Waals surface area contributed by atoms with E-state index in [0.717, 1.165) is 73.0 Å². The summed E-state index contributed by atoms with van der Waals surface area (Å²) >= 11 is 0. The van der Waals surface area contributed by atoms with Crippen LogP contribution >= 0.6 is 0 Å². The van der Waals surface area contributed by atoms with Crippen LogP contribution in [0.3, 0.4) is 0 Å². The minimum absolute atomic E-state index is 0.0611. The molecular weight excluding hydrogens is 472 g/mol. The first-order valence-electron chi connectivity index (χ1n) is 15.1. The van der Waals surface area contributed by atoms with Crippen LogP contribution in [0.15, 0.2) is 36.4 Å². The molecule has 0 bridgehead atoms. The molecule has 0 saturated heterocycles. The Hall–Kier alpha value is -2.37. The second kappa shape index (κ2) is 16.6. The highest BCUT2D eigenvalue weighted by molar-refractivity contribution is 6.22. The molecule has 0 atom stereocenters. The van der Waals surface area contributed by atoms with Crippen molar-refractivity contribution in [2.75, 3.05) is 52.5 Å². The fraction of sp³-hybridized carbons (Fsp3) is 0.606. The fourth-order valence-corrected chi connectivity index (χ4v) is 5.00. The van der Waals surface area contributed by atoms with E-state index >= 15 is 0 Å². The molecule has 0 heterocycles. The molecule has 0 amide bonds. The number of carbonyl (C=O) groups is 1. The van der Waals surface area contributed by atoms with Gasteiger partial charge in [0.1, 0.15) is 24.7 Å². The van der Waals surface area contributed by atoms with Gasteiger partial charge in [0, 0.05) is 24.2 Å². The van der Waals surface area contributed by atoms with E-state index in [2.05, 4.69) is 37.5 Å². The van der Waals surface area contributed by atoms with Gasteiger partial charge in [-0.3, -0.25) is 14.6 Å². The Bertz CT molecular complexity index is 897. The maximum Gasteiger partial charge on any atom is 0.194 e. The summed E-state index contributed by atoms with van der Waals surface area (Å²) in [4.78, 5) is 18.3. The molecule has 2 aromatic carbocycles. The third-order valence-corrected chi connectivity index (χ3v) is 7.43. The zero-order valence-corrected chi connectivity index (χ0v) is 24.4. The smallest absolute Gasteiger partial charge is 0.194 e. The van der Waals surface area contributed by atoms with Crippen LogP contribution in [0.5, 0.6) is 11.5 Å². The van der Waals surface area contributed by atoms with Crippen LogP contribution in [0, 0.1) is 0 Å². The van der Waals surface area contributed by atoms with Gasteiger partial charge in [0.05, 0.1) is 0 Å². The third-order valence-electron chi connectivity index (χ3n) is 7.43. The molecule has 0 spiro atoms. The normalized spacial score (nSPS) is 12.3. The predicted molar refractivity (Wildman–Crippen MR) is 159 cm³/mol. The highest BCUT2D eigenvalue weighted by Gasteiger charge is 2.27. The Balaban J connectivity index is 1.56. The molecule has 0 saturated carbocycles. The highest BCUT2D eigenvalue weighted by Crippen LogP contribution is 2.39. The monoisotopic (exact) mass is 522 g/mol. The minimum Gasteiger partial charge on any atom is -0.492 e. The molecule has 1 aliphatic rings. The Kier molecular flexibility index (Phi) is 13.2. The molecule has 210 valence electrons. The lowest BCUT2D eigenvalue weighted by Gasteiger charge is -2.22. The van der Waals surface area contributed by atoms with Crippen LogP contribution in [0.25, 0.3) is 11.1 Å². The number of ketones is 1. The highest BCUT2D eigenvalue weighted by atomic mass is 16.5. The third kappa shape index (κ3) is 8.84. The lowest BCUT2D eigenvalue weighted by molar-refractivity contribution is 0.104. The van der Waals surface area contributed by atoms with E-state index in [4.69, 9.17) is 9.47 Å². The summed E-state index contributed by atoms with van der Waals surface area (Å²) in [6.45, 7) is 16.5. The minimum atomic E-state index is 0.0611. The van der Waals surface area contributed by atoms with Gasteiger partial charge in [0.25, 0.3) is 0 Å². The number of fused-ring (bicyclic) bond motifs is 3. The van der Waals surface area contributed by atoms with Gasteiger partial charge in [-0.1, -0.05) is 53.4 Å². The molecule has 5 nitrogen and oxygen atoms in total. The summed E-state index contributed by atoms with van der Waals surface area (Å²) in [5.74, 6) is 1.60. The number of unbranched alkanes of at least 4 members (excludes halogenated alkanes) is 4. The number of hydrogen-bond acceptors (Lipinski definition) is 5. The summed E-state index contributed by atoms with van der Waals surface area (Å²) < 4.78 is 12.2. The lowest BCUT2D eigenvalue weighted by Crippen LogP contribution is -2.30. The molecule has 0 unspecified atom stereocenters. The predicted octanol–water partition coefficient (Wildman–Crippen LogP) is 7.46. The van der Waals surface area contributed by atoms with Crippen molar-refractivity contribution in [1.29, 1.82) is 0 Å². The van der Waals surface area contributed by atoms with Gasteiger partial charge in [-0.25, -0.2) is 0 Å². The second-order valence-corrected chi connectivity index (χ2v) is 10.5. The van der Waals surface area contributed by atoms with E-state index in [1.54, 1.807) is 0 Å². The van der Waals surface area contributed by atoms with Gasteiger partial charge >= 0.3 is 0 Å². The maximum atomic E-state index is 13.3. The van der Waals surface area contributed by atoms with Crippen molar-refractivity contribution in [2.24, 2.45) is 0 Å². The van der Waals surface area contributed by atoms with E-state index in [1.165, 1.54) is 51.4 Å². The van der Waals surface area contributed by atoms with Crippen LogP contribution in [0.2, 0.25) is 0 Å². The zero-order valence-electron chi connectivity index (χ0n) is 24.4. The maximum absolute atomic E-state index is 13.3. The Morgan fingerprint density at radius 3 is 1.24 bits per heavy atom. The SMILES string of the molecule is CCCCN(CCCC)CCOc1ccc2c(c1)C(=O)c1cc(OCCN(CCCC)CCCC)ccc1-2. The van der Waals surface area contributed by atoms with E-state index in [0.29, 0.717) is 13.2 Å². The first kappa shape index (κ1) is 30.2. The molecule has 1 aliphatic carbocycles. The number of benzene rings is 2. The second-order valence-electron chi connectivity index (χ2n) is 10.5. The standard InChI is InChI=1S/C33H50N2O3/c1-5-9-17-34(18-10-6-2)21-23-37-27-13-15-29-30-16-14-28(26-32(30)33(36)31(29)25-27)38-24-22-35(19-11-7-3)20-12-8-4/h13-16,25-26H,5-12,17-24H2,1-4H3. The molecule has 38 heavy (non-hydrogen) atoms. The fourth-order valence-electron chi connectivity index (χ4n) is 5.00. The topological polar surface area (TPSA) is 42.0 Å². The summed E-state index contributed by atoms with van der Waals surface area (Å²) in [5.41, 5.74) is 3.44. The number of hydrogen-bond donors (Lipinski definition) is 0. The Labute approximate surface area is 231 Å². The Morgan fingerprint density at radius 1 is 0.526 bits per heavy atom. The molecule has 0 aliphatic heterocycles. The molecule has 5 heteroatoms. The summed E-state index contributed by atoms with van der Waals surface area (Å²) in [7, 11) is 0. The first-order valence-corrected chi connectivity index (χ1v) is 15.1. The molecular formula is C33H50N2O3. The van der Waals surface area contributed by atoms with Crippen molar-refractivity contribution < 1.29 is 14.3 Å². The van der Waals surface area contributed by atoms with Crippen molar-refractivity contribution in [1.82, 2.24) is 9.80 Å². The van der Waals surface area contributed by atoms with E-state index in [1.807, 2.05) is 36.4 Å².